The number of anilines is 2. The highest BCUT2D eigenvalue weighted by Crippen LogP contribution is 2.15. The van der Waals surface area contributed by atoms with Crippen molar-refractivity contribution in [1.29, 1.82) is 0 Å². The van der Waals surface area contributed by atoms with Crippen LogP contribution in [0, 0.1) is 0 Å². The molecule has 4 heteroatoms. The summed E-state index contributed by atoms with van der Waals surface area (Å²) in [6.45, 7) is 2.92. The first-order valence-corrected chi connectivity index (χ1v) is 8.43. The van der Waals surface area contributed by atoms with Crippen LogP contribution in [0.5, 0.6) is 0 Å². The lowest BCUT2D eigenvalue weighted by Gasteiger charge is -2.09. The predicted molar refractivity (Wildman–Crippen MR) is 98.2 cm³/mol. The number of nitrogens with one attached hydrogen (secondary N) is 2. The molecule has 0 atom stereocenters. The van der Waals surface area contributed by atoms with Crippen LogP contribution in [0.1, 0.15) is 31.7 Å². The number of rotatable bonds is 8. The van der Waals surface area contributed by atoms with E-state index in [1.165, 1.54) is 5.56 Å². The molecule has 0 radical (unpaired) electrons. The quantitative estimate of drug-likeness (QED) is 0.705. The lowest BCUT2D eigenvalue weighted by molar-refractivity contribution is -0.116. The molecule has 2 N–H and O–H groups in total. The first kappa shape index (κ1) is 17.4. The summed E-state index contributed by atoms with van der Waals surface area (Å²) in [4.78, 5) is 11.7. The van der Waals surface area contributed by atoms with Crippen molar-refractivity contribution in [2.45, 2.75) is 32.6 Å². The van der Waals surface area contributed by atoms with Gasteiger partial charge in [-0.3, -0.25) is 4.79 Å². The summed E-state index contributed by atoms with van der Waals surface area (Å²) in [6, 6.07) is 15.7. The molecule has 0 unspecified atom stereocenters. The van der Waals surface area contributed by atoms with Gasteiger partial charge in [-0.05, 0) is 54.8 Å². The van der Waals surface area contributed by atoms with Gasteiger partial charge in [-0.1, -0.05) is 37.1 Å². The number of hydrogen-bond donors (Lipinski definition) is 2. The molecule has 0 saturated carbocycles. The van der Waals surface area contributed by atoms with Crippen molar-refractivity contribution in [3.8, 4) is 0 Å². The van der Waals surface area contributed by atoms with Crippen LogP contribution in [-0.2, 0) is 11.2 Å². The van der Waals surface area contributed by atoms with E-state index in [1.54, 1.807) is 0 Å². The van der Waals surface area contributed by atoms with E-state index in [-0.39, 0.29) is 5.91 Å². The van der Waals surface area contributed by atoms with E-state index in [2.05, 4.69) is 23.6 Å². The minimum absolute atomic E-state index is 0.0773. The molecule has 2 rings (SSSR count). The molecule has 0 aliphatic heterocycles. The van der Waals surface area contributed by atoms with Gasteiger partial charge in [-0.2, -0.15) is 0 Å². The third-order valence-corrected chi connectivity index (χ3v) is 3.79. The Bertz CT molecular complexity index is 626. The SMILES string of the molecule is CCCCC(=O)Nc1ccc(NCCc2cccc(Cl)c2)cc1. The summed E-state index contributed by atoms with van der Waals surface area (Å²) in [7, 11) is 0. The Labute approximate surface area is 143 Å². The van der Waals surface area contributed by atoms with Crippen molar-refractivity contribution in [3.63, 3.8) is 0 Å². The fourth-order valence-electron chi connectivity index (χ4n) is 2.28. The van der Waals surface area contributed by atoms with E-state index in [4.69, 9.17) is 11.6 Å². The highest BCUT2D eigenvalue weighted by Gasteiger charge is 2.01. The van der Waals surface area contributed by atoms with E-state index >= 15 is 0 Å². The topological polar surface area (TPSA) is 41.1 Å². The molecule has 0 aromatic heterocycles. The van der Waals surface area contributed by atoms with E-state index < -0.39 is 0 Å². The summed E-state index contributed by atoms with van der Waals surface area (Å²) >= 11 is 5.98. The van der Waals surface area contributed by atoms with Gasteiger partial charge in [0.15, 0.2) is 0 Å². The maximum absolute atomic E-state index is 11.7. The van der Waals surface area contributed by atoms with Crippen LogP contribution >= 0.6 is 11.6 Å². The van der Waals surface area contributed by atoms with Crippen molar-refractivity contribution in [2.75, 3.05) is 17.2 Å². The zero-order valence-electron chi connectivity index (χ0n) is 13.4. The zero-order valence-corrected chi connectivity index (χ0v) is 14.2. The molecule has 23 heavy (non-hydrogen) atoms. The molecular weight excluding hydrogens is 308 g/mol. The fraction of sp³-hybridized carbons (Fsp3) is 0.316. The molecule has 0 bridgehead atoms. The highest BCUT2D eigenvalue weighted by atomic mass is 35.5. The van der Waals surface area contributed by atoms with E-state index in [0.717, 1.165) is 42.2 Å². The van der Waals surface area contributed by atoms with Gasteiger partial charge in [0.25, 0.3) is 0 Å². The average molecular weight is 331 g/mol. The Morgan fingerprint density at radius 3 is 2.52 bits per heavy atom. The standard InChI is InChI=1S/C19H23ClN2O/c1-2-3-7-19(23)22-18-10-8-17(9-11-18)21-13-12-15-5-4-6-16(20)14-15/h4-6,8-11,14,21H,2-3,7,12-13H2,1H3,(H,22,23). The summed E-state index contributed by atoms with van der Waals surface area (Å²) in [5, 5.41) is 7.05. The Morgan fingerprint density at radius 2 is 1.83 bits per heavy atom. The lowest BCUT2D eigenvalue weighted by Crippen LogP contribution is -2.11. The number of carbonyl (C=O) groups excluding carboxylic acids is 1. The summed E-state index contributed by atoms with van der Waals surface area (Å²) in [5.41, 5.74) is 3.09. The number of hydrogen-bond acceptors (Lipinski definition) is 2. The van der Waals surface area contributed by atoms with Gasteiger partial charge in [-0.25, -0.2) is 0 Å². The van der Waals surface area contributed by atoms with Crippen molar-refractivity contribution in [3.05, 3.63) is 59.1 Å². The molecule has 0 saturated heterocycles. The molecule has 0 aliphatic rings. The molecule has 0 heterocycles. The molecule has 2 aromatic carbocycles. The van der Waals surface area contributed by atoms with Gasteiger partial charge in [0, 0.05) is 29.4 Å². The number of unbranched alkanes of at least 4 members (excludes halogenated alkanes) is 1. The summed E-state index contributed by atoms with van der Waals surface area (Å²) < 4.78 is 0. The van der Waals surface area contributed by atoms with Crippen molar-refractivity contribution >= 4 is 28.9 Å². The Morgan fingerprint density at radius 1 is 1.09 bits per heavy atom. The normalized spacial score (nSPS) is 10.3. The minimum Gasteiger partial charge on any atom is -0.385 e. The minimum atomic E-state index is 0.0773. The molecule has 1 amide bonds. The van der Waals surface area contributed by atoms with Gasteiger partial charge >= 0.3 is 0 Å². The fourth-order valence-corrected chi connectivity index (χ4v) is 2.49. The summed E-state index contributed by atoms with van der Waals surface area (Å²) in [5.74, 6) is 0.0773. The van der Waals surface area contributed by atoms with Gasteiger partial charge in [0.2, 0.25) is 5.91 Å². The van der Waals surface area contributed by atoms with Crippen LogP contribution in [0.3, 0.4) is 0 Å². The highest BCUT2D eigenvalue weighted by molar-refractivity contribution is 6.30. The Balaban J connectivity index is 1.77. The lowest BCUT2D eigenvalue weighted by atomic mass is 10.1. The van der Waals surface area contributed by atoms with Gasteiger partial charge in [0.05, 0.1) is 0 Å². The zero-order chi connectivity index (χ0) is 16.5. The second kappa shape index (κ2) is 9.21. The number of amides is 1. The van der Waals surface area contributed by atoms with Crippen LogP contribution in [-0.4, -0.2) is 12.5 Å². The largest absolute Gasteiger partial charge is 0.385 e. The first-order valence-electron chi connectivity index (χ1n) is 8.05. The van der Waals surface area contributed by atoms with Crippen LogP contribution in [0.15, 0.2) is 48.5 Å². The molecule has 0 aliphatic carbocycles. The molecule has 0 spiro atoms. The van der Waals surface area contributed by atoms with E-state index in [1.807, 2.05) is 42.5 Å². The van der Waals surface area contributed by atoms with E-state index in [0.29, 0.717) is 6.42 Å². The summed E-state index contributed by atoms with van der Waals surface area (Å²) in [6.07, 6.45) is 3.45. The number of benzene rings is 2. The second-order valence-corrected chi connectivity index (χ2v) is 5.97. The maximum Gasteiger partial charge on any atom is 0.224 e. The monoisotopic (exact) mass is 330 g/mol. The van der Waals surface area contributed by atoms with Crippen LogP contribution in [0.4, 0.5) is 11.4 Å². The molecule has 3 nitrogen and oxygen atoms in total. The van der Waals surface area contributed by atoms with Gasteiger partial charge in [0.1, 0.15) is 0 Å². The molecule has 2 aromatic rings. The molecule has 122 valence electrons. The molecular formula is C19H23ClN2O. The third-order valence-electron chi connectivity index (χ3n) is 3.56. The van der Waals surface area contributed by atoms with Crippen LogP contribution < -0.4 is 10.6 Å². The first-order chi connectivity index (χ1) is 11.2. The van der Waals surface area contributed by atoms with Crippen molar-refractivity contribution in [1.82, 2.24) is 0 Å². The third kappa shape index (κ3) is 6.33. The van der Waals surface area contributed by atoms with Gasteiger partial charge in [-0.15, -0.1) is 0 Å². The smallest absolute Gasteiger partial charge is 0.224 e. The average Bonchev–Trinajstić information content (AvgIpc) is 2.55. The van der Waals surface area contributed by atoms with Gasteiger partial charge < -0.3 is 10.6 Å². The van der Waals surface area contributed by atoms with Crippen LogP contribution in [0.25, 0.3) is 0 Å². The van der Waals surface area contributed by atoms with Crippen molar-refractivity contribution < 1.29 is 4.79 Å². The second-order valence-electron chi connectivity index (χ2n) is 5.54. The van der Waals surface area contributed by atoms with E-state index in [9.17, 15) is 4.79 Å². The van der Waals surface area contributed by atoms with Crippen molar-refractivity contribution in [2.24, 2.45) is 0 Å². The number of carbonyl (C=O) groups is 1. The Hall–Kier alpha value is -2.00. The number of halogens is 1. The maximum atomic E-state index is 11.7. The van der Waals surface area contributed by atoms with Crippen LogP contribution in [0.2, 0.25) is 5.02 Å². The Kier molecular flexibility index (Phi) is 6.95. The predicted octanol–water partition coefficient (Wildman–Crippen LogP) is 5.12. The molecule has 0 fully saturated rings.